The van der Waals surface area contributed by atoms with Crippen molar-refractivity contribution in [1.82, 2.24) is 18.8 Å². The zero-order chi connectivity index (χ0) is 56.6. The number of alkyl halides is 3. The maximum atomic E-state index is 14.6. The summed E-state index contributed by atoms with van der Waals surface area (Å²) < 4.78 is 135. The maximum absolute atomic E-state index is 14.6. The predicted octanol–water partition coefficient (Wildman–Crippen LogP) is 2.25. The van der Waals surface area contributed by atoms with Crippen molar-refractivity contribution >= 4 is 31.9 Å². The number of ether oxygens (including phenoxy) is 6. The molecule has 0 amide bonds. The Bertz CT molecular complexity index is 2280. The minimum atomic E-state index is -4.66. The first-order chi connectivity index (χ1) is 34.4. The average Bonchev–Trinajstić information content (AvgIpc) is 3.31. The summed E-state index contributed by atoms with van der Waals surface area (Å²) in [7, 11) is -5.38. The molecule has 4 aliphatic rings. The van der Waals surface area contributed by atoms with Crippen LogP contribution in [0.5, 0.6) is 0 Å². The minimum absolute atomic E-state index is 0.0192. The number of halogens is 3. The number of aliphatic hydroxyl groups excluding tert-OH is 2. The summed E-state index contributed by atoms with van der Waals surface area (Å²) in [5.41, 5.74) is -8.08. The number of rotatable bonds is 13. The monoisotopic (exact) mass is 1120 g/mol. The summed E-state index contributed by atoms with van der Waals surface area (Å²) in [4.78, 5) is 16.5. The molecule has 4 heterocycles. The van der Waals surface area contributed by atoms with Crippen LogP contribution in [0.4, 0.5) is 18.9 Å². The second-order valence-electron chi connectivity index (χ2n) is 22.2. The first-order valence-corrected chi connectivity index (χ1v) is 29.0. The highest BCUT2D eigenvalue weighted by Crippen LogP contribution is 2.44. The van der Waals surface area contributed by atoms with Gasteiger partial charge in [0.2, 0.25) is 10.0 Å². The number of carbonyl (C=O) groups is 1. The fourth-order valence-corrected chi connectivity index (χ4v) is 13.2. The van der Waals surface area contributed by atoms with E-state index in [0.717, 1.165) is 34.8 Å². The Balaban J connectivity index is 1.53. The Morgan fingerprint density at radius 1 is 0.920 bits per heavy atom. The molecule has 0 spiro atoms. The van der Waals surface area contributed by atoms with Gasteiger partial charge in [-0.25, -0.2) is 8.42 Å². The van der Waals surface area contributed by atoms with Crippen molar-refractivity contribution in [1.29, 1.82) is 0 Å². The van der Waals surface area contributed by atoms with Crippen LogP contribution in [-0.4, -0.2) is 211 Å². The molecule has 26 heteroatoms. The number of anilines is 1. The maximum Gasteiger partial charge on any atom is 0.416 e. The quantitative estimate of drug-likeness (QED) is 0.140. The third-order valence-electron chi connectivity index (χ3n) is 16.1. The second kappa shape index (κ2) is 24.1. The molecule has 18 atom stereocenters. The summed E-state index contributed by atoms with van der Waals surface area (Å²) in [6.45, 7) is 17.5. The van der Waals surface area contributed by atoms with Crippen molar-refractivity contribution < 1.29 is 88.8 Å². The molecule has 0 saturated carbocycles. The summed E-state index contributed by atoms with van der Waals surface area (Å²) >= 11 is 0. The Morgan fingerprint density at radius 2 is 1.52 bits per heavy atom. The van der Waals surface area contributed by atoms with Gasteiger partial charge in [-0.3, -0.25) is 14.4 Å². The van der Waals surface area contributed by atoms with Gasteiger partial charge in [0.05, 0.1) is 53.8 Å². The number of nitrogens with one attached hydrogen (secondary N) is 2. The number of methoxy groups -OCH3 is 1. The number of esters is 1. The van der Waals surface area contributed by atoms with Crippen molar-refractivity contribution in [2.75, 3.05) is 64.4 Å². The van der Waals surface area contributed by atoms with Crippen molar-refractivity contribution in [3.05, 3.63) is 29.8 Å². The van der Waals surface area contributed by atoms with Crippen LogP contribution in [0.1, 0.15) is 100 Å². The van der Waals surface area contributed by atoms with Crippen LogP contribution in [0.15, 0.2) is 24.3 Å². The molecule has 434 valence electrons. The van der Waals surface area contributed by atoms with Crippen LogP contribution in [0, 0.1) is 17.8 Å². The first-order valence-electron chi connectivity index (χ1n) is 25.7. The van der Waals surface area contributed by atoms with E-state index in [-0.39, 0.29) is 63.5 Å². The molecule has 4 fully saturated rings. The lowest BCUT2D eigenvalue weighted by atomic mass is 9.74. The molecule has 0 radical (unpaired) electrons. The molecular formula is C49H84F3N5O16S2. The van der Waals surface area contributed by atoms with E-state index in [4.69, 9.17) is 28.4 Å². The smallest absolute Gasteiger partial charge is 0.416 e. The number of β-amino-alcohol motifs (C(OH)–C–C–N with tert-alkyl or cyclic N) is 1. The van der Waals surface area contributed by atoms with Crippen LogP contribution in [0.3, 0.4) is 0 Å². The van der Waals surface area contributed by atoms with Crippen LogP contribution >= 0.6 is 0 Å². The largest absolute Gasteiger partial charge is 0.459 e. The number of nitrogens with zero attached hydrogens (tertiary/aromatic N) is 3. The number of carbonyl (C=O) groups excluding carboxylic acids is 1. The zero-order valence-electron chi connectivity index (χ0n) is 45.5. The van der Waals surface area contributed by atoms with E-state index in [9.17, 15) is 60.3 Å². The van der Waals surface area contributed by atoms with Gasteiger partial charge in [-0.1, -0.05) is 20.8 Å². The highest BCUT2D eigenvalue weighted by Gasteiger charge is 2.59. The summed E-state index contributed by atoms with van der Waals surface area (Å²) in [6.07, 6.45) is -15.5. The van der Waals surface area contributed by atoms with E-state index in [1.807, 2.05) is 11.8 Å². The van der Waals surface area contributed by atoms with E-state index in [0.29, 0.717) is 13.1 Å². The summed E-state index contributed by atoms with van der Waals surface area (Å²) in [5, 5.41) is 64.0. The number of sulfonamides is 1. The van der Waals surface area contributed by atoms with Crippen LogP contribution in [0.25, 0.3) is 0 Å². The molecule has 0 bridgehead atoms. The standard InChI is InChI=1S/C49H84F3N5O16S2/c1-14-37-47(10,62)41(59)32(6)53-26-28(2)24-45(8,61)42(73-44-39(58)36(23-29(3)69-44)55(11)75(66,67)54-35-17-15-34(16-18-35)49(50,51)52)30(4)40(31(5)43(60)71-37)72-38-25-46(9,68-12)48(63,33(7)70-38)27-56-19-21-57(22-20-56)74(13,64)65/h15-18,28-33,36-42,44,53-54,58-59,61-63H,14,19-27H2,1-13H3/t28-,29-,30+,31-,32-,33+,36+,37-,38+,39-,40+,41-,42-,44+,45-,46-,47-,48+/m1/s1. The molecule has 75 heavy (non-hydrogen) atoms. The van der Waals surface area contributed by atoms with Gasteiger partial charge in [0, 0.05) is 70.9 Å². The van der Waals surface area contributed by atoms with E-state index >= 15 is 0 Å². The van der Waals surface area contributed by atoms with Crippen molar-refractivity contribution in [2.24, 2.45) is 17.8 Å². The molecule has 5 rings (SSSR count). The van der Waals surface area contributed by atoms with Gasteiger partial charge in [0.15, 0.2) is 12.6 Å². The van der Waals surface area contributed by atoms with Crippen LogP contribution in [-0.2, 0) is 59.6 Å². The average molecular weight is 1120 g/mol. The highest BCUT2D eigenvalue weighted by molar-refractivity contribution is 7.90. The van der Waals surface area contributed by atoms with Gasteiger partial charge < -0.3 is 59.3 Å². The topological polar surface area (TPSA) is 276 Å². The fourth-order valence-electron chi connectivity index (χ4n) is 11.3. The summed E-state index contributed by atoms with van der Waals surface area (Å²) in [5.74, 6) is -3.59. The minimum Gasteiger partial charge on any atom is -0.459 e. The molecule has 7 N–H and O–H groups in total. The molecule has 1 aromatic rings. The van der Waals surface area contributed by atoms with E-state index < -0.39 is 140 Å². The molecule has 0 aromatic heterocycles. The molecular weight excluding hydrogens is 1040 g/mol. The molecule has 0 unspecified atom stereocenters. The number of piperazine rings is 1. The fraction of sp³-hybridized carbons (Fsp3) is 0.857. The number of benzene rings is 1. The zero-order valence-corrected chi connectivity index (χ0v) is 47.1. The van der Waals surface area contributed by atoms with Gasteiger partial charge in [-0.15, -0.1) is 0 Å². The SMILES string of the molecule is CC[C@H]1OC(=O)[C@H](C)[C@@H](O[C@H]2C[C@@](C)(OC)[C@](O)(CN3CCN(S(C)(=O)=O)CC3)[C@H](C)O2)[C@H](C)[C@@H](O[C@@H]2O[C@H](C)C[C@H](N(C)S(=O)(=O)Nc3ccc(C(F)(F)F)cc3)[C@H]2O)[C@](C)(O)C[C@@H](C)CN[C@H](C)[C@@H](O)[C@]1(C)O. The molecule has 1 aromatic carbocycles. The number of likely N-dealkylation sites (N-methyl/N-ethyl adjacent to an activating group) is 1. The van der Waals surface area contributed by atoms with Gasteiger partial charge in [-0.05, 0) is 104 Å². The summed E-state index contributed by atoms with van der Waals surface area (Å²) in [6, 6.07) is 1.38. The molecule has 4 aliphatic heterocycles. The number of cyclic esters (lactones) is 1. The van der Waals surface area contributed by atoms with E-state index in [1.54, 1.807) is 41.5 Å². The lowest BCUT2D eigenvalue weighted by Crippen LogP contribution is -2.71. The number of aliphatic hydroxyl groups is 5. The van der Waals surface area contributed by atoms with E-state index in [2.05, 4.69) is 10.0 Å². The number of hydrogen-bond acceptors (Lipinski definition) is 18. The van der Waals surface area contributed by atoms with Crippen LogP contribution < -0.4 is 10.0 Å². The molecule has 0 aliphatic carbocycles. The van der Waals surface area contributed by atoms with Gasteiger partial charge in [0.25, 0.3) is 0 Å². The van der Waals surface area contributed by atoms with Crippen molar-refractivity contribution in [2.45, 2.75) is 191 Å². The Morgan fingerprint density at radius 3 is 2.07 bits per heavy atom. The van der Waals surface area contributed by atoms with Gasteiger partial charge in [0.1, 0.15) is 35.1 Å². The Hall–Kier alpha value is -2.38. The third-order valence-corrected chi connectivity index (χ3v) is 18.9. The van der Waals surface area contributed by atoms with Crippen LogP contribution in [0.2, 0.25) is 0 Å². The van der Waals surface area contributed by atoms with Crippen molar-refractivity contribution in [3.8, 4) is 0 Å². The van der Waals surface area contributed by atoms with Gasteiger partial charge in [-0.2, -0.15) is 30.2 Å². The second-order valence-corrected chi connectivity index (χ2v) is 25.9. The Kier molecular flexibility index (Phi) is 20.4. The third kappa shape index (κ3) is 14.5. The van der Waals surface area contributed by atoms with Gasteiger partial charge >= 0.3 is 22.4 Å². The first kappa shape index (κ1) is 63.5. The Labute approximate surface area is 440 Å². The van der Waals surface area contributed by atoms with Crippen molar-refractivity contribution in [3.63, 3.8) is 0 Å². The highest BCUT2D eigenvalue weighted by atomic mass is 32.2. The van der Waals surface area contributed by atoms with E-state index in [1.165, 1.54) is 39.2 Å². The number of hydrogen-bond donors (Lipinski definition) is 7. The molecule has 21 nitrogen and oxygen atoms in total. The molecule has 4 saturated heterocycles. The lowest BCUT2D eigenvalue weighted by Gasteiger charge is -2.55. The normalized spacial score (nSPS) is 41.1. The lowest BCUT2D eigenvalue weighted by molar-refractivity contribution is -0.339. The predicted molar refractivity (Wildman–Crippen MR) is 269 cm³/mol.